The van der Waals surface area contributed by atoms with Gasteiger partial charge in [0.1, 0.15) is 5.82 Å². The fraction of sp³-hybridized carbons (Fsp3) is 0.250. The summed E-state index contributed by atoms with van der Waals surface area (Å²) in [5, 5.41) is 16.2. The zero-order valence-corrected chi connectivity index (χ0v) is 18.4. The van der Waals surface area contributed by atoms with Crippen molar-refractivity contribution in [3.63, 3.8) is 0 Å². The Morgan fingerprint density at radius 1 is 1.03 bits per heavy atom. The molecule has 0 saturated heterocycles. The van der Waals surface area contributed by atoms with Gasteiger partial charge in [0, 0.05) is 34.9 Å². The van der Waals surface area contributed by atoms with Crippen LogP contribution in [0.4, 0.5) is 4.39 Å². The van der Waals surface area contributed by atoms with Crippen molar-refractivity contribution >= 4 is 26.9 Å². The summed E-state index contributed by atoms with van der Waals surface area (Å²) in [6.07, 6.45) is 7.42. The number of halogens is 1. The number of benzene rings is 2. The van der Waals surface area contributed by atoms with Gasteiger partial charge in [0.05, 0.1) is 22.7 Å². The molecule has 7 nitrogen and oxygen atoms in total. The lowest BCUT2D eigenvalue weighted by molar-refractivity contribution is -0.312. The maximum absolute atomic E-state index is 14.1. The van der Waals surface area contributed by atoms with Gasteiger partial charge in [-0.05, 0) is 61.9 Å². The summed E-state index contributed by atoms with van der Waals surface area (Å²) >= 11 is 0. The molecule has 0 unspecified atom stereocenters. The average molecular weight is 467 g/mol. The van der Waals surface area contributed by atoms with Crippen LogP contribution in [0.15, 0.2) is 72.0 Å². The van der Waals surface area contributed by atoms with E-state index in [0.717, 1.165) is 3.97 Å². The fourth-order valence-electron chi connectivity index (χ4n) is 4.56. The second-order valence-electron chi connectivity index (χ2n) is 8.35. The molecule has 0 spiro atoms. The fourth-order valence-corrected chi connectivity index (χ4v) is 5.94. The Morgan fingerprint density at radius 2 is 1.76 bits per heavy atom. The molecule has 5 rings (SSSR count). The smallest absolute Gasteiger partial charge is 0.268 e. The van der Waals surface area contributed by atoms with Crippen molar-refractivity contribution in [1.82, 2.24) is 13.8 Å². The highest BCUT2D eigenvalue weighted by Crippen LogP contribution is 2.36. The standard InChI is InChI=1S/C24H22FN3O4S/c25-18-8-11-21-22(15-28(23(21)12-18)33(31,32)20-4-2-1-3-5-20)17-13-26-27(14-17)19-9-6-16(7-10-19)24(29)30/h1-5,8,11-16,19H,6-7,9-10H2,(H,29,30)/p-1. The highest BCUT2D eigenvalue weighted by Gasteiger charge is 2.25. The third-order valence-corrected chi connectivity index (χ3v) is 8.04. The average Bonchev–Trinajstić information content (AvgIpc) is 3.45. The summed E-state index contributed by atoms with van der Waals surface area (Å²) in [5.74, 6) is -1.96. The Balaban J connectivity index is 1.55. The molecule has 2 aromatic carbocycles. The summed E-state index contributed by atoms with van der Waals surface area (Å²) in [6.45, 7) is 0. The molecule has 1 aliphatic rings. The van der Waals surface area contributed by atoms with Crippen LogP contribution in [0.1, 0.15) is 31.7 Å². The first-order valence-corrected chi connectivity index (χ1v) is 12.2. The minimum absolute atomic E-state index is 0.0631. The first kappa shape index (κ1) is 21.4. The molecule has 0 radical (unpaired) electrons. The number of carbonyl (C=O) groups is 1. The molecule has 33 heavy (non-hydrogen) atoms. The predicted octanol–water partition coefficient (Wildman–Crippen LogP) is 3.36. The molecule has 4 aromatic rings. The van der Waals surface area contributed by atoms with Crippen molar-refractivity contribution in [2.45, 2.75) is 36.6 Å². The highest BCUT2D eigenvalue weighted by molar-refractivity contribution is 7.90. The van der Waals surface area contributed by atoms with Crippen LogP contribution in [0.5, 0.6) is 0 Å². The first-order valence-electron chi connectivity index (χ1n) is 10.7. The van der Waals surface area contributed by atoms with Crippen molar-refractivity contribution in [3.8, 4) is 11.1 Å². The van der Waals surface area contributed by atoms with Crippen molar-refractivity contribution < 1.29 is 22.7 Å². The topological polar surface area (TPSA) is 97.0 Å². The van der Waals surface area contributed by atoms with Crippen LogP contribution in [0.3, 0.4) is 0 Å². The van der Waals surface area contributed by atoms with E-state index in [1.165, 1.54) is 30.5 Å². The van der Waals surface area contributed by atoms with Gasteiger partial charge in [0.25, 0.3) is 10.0 Å². The first-order chi connectivity index (χ1) is 15.8. The number of carboxylic acids is 1. The second kappa shape index (κ2) is 8.15. The van der Waals surface area contributed by atoms with Gasteiger partial charge in [0.15, 0.2) is 0 Å². The lowest BCUT2D eigenvalue weighted by atomic mass is 9.86. The molecule has 0 amide bonds. The van der Waals surface area contributed by atoms with Crippen LogP contribution in [0.2, 0.25) is 0 Å². The number of hydrogen-bond donors (Lipinski definition) is 0. The monoisotopic (exact) mass is 466 g/mol. The second-order valence-corrected chi connectivity index (χ2v) is 10.2. The van der Waals surface area contributed by atoms with Crippen LogP contribution < -0.4 is 5.11 Å². The molecule has 1 aliphatic carbocycles. The Labute approximate surface area is 190 Å². The summed E-state index contributed by atoms with van der Waals surface area (Å²) in [7, 11) is -3.94. The number of carboxylic acid groups (broad SMARTS) is 1. The maximum Gasteiger partial charge on any atom is 0.268 e. The number of hydrogen-bond acceptors (Lipinski definition) is 5. The van der Waals surface area contributed by atoms with Crippen LogP contribution in [-0.2, 0) is 14.8 Å². The summed E-state index contributed by atoms with van der Waals surface area (Å²) < 4.78 is 43.6. The molecule has 9 heteroatoms. The minimum Gasteiger partial charge on any atom is -0.550 e. The zero-order chi connectivity index (χ0) is 23.2. The molecule has 170 valence electrons. The number of carbonyl (C=O) groups excluding carboxylic acids is 1. The van der Waals surface area contributed by atoms with Crippen molar-refractivity contribution in [1.29, 1.82) is 0 Å². The largest absolute Gasteiger partial charge is 0.550 e. The number of rotatable bonds is 5. The Hall–Kier alpha value is -3.46. The molecule has 0 aliphatic heterocycles. The van der Waals surface area contributed by atoms with Gasteiger partial charge in [-0.3, -0.25) is 4.68 Å². The van der Waals surface area contributed by atoms with E-state index >= 15 is 0 Å². The molecular weight excluding hydrogens is 445 g/mol. The number of aliphatic carboxylic acids is 1. The summed E-state index contributed by atoms with van der Waals surface area (Å²) in [5.41, 5.74) is 1.57. The molecular formula is C24H21FN3O4S-. The van der Waals surface area contributed by atoms with Gasteiger partial charge < -0.3 is 9.90 Å². The van der Waals surface area contributed by atoms with Crippen LogP contribution in [0.25, 0.3) is 22.0 Å². The van der Waals surface area contributed by atoms with Gasteiger partial charge in [-0.2, -0.15) is 5.10 Å². The zero-order valence-electron chi connectivity index (χ0n) is 17.6. The Kier molecular flexibility index (Phi) is 5.28. The Bertz CT molecular complexity index is 1440. The van der Waals surface area contributed by atoms with Gasteiger partial charge in [-0.25, -0.2) is 16.8 Å². The van der Waals surface area contributed by atoms with E-state index in [2.05, 4.69) is 5.10 Å². The summed E-state index contributed by atoms with van der Waals surface area (Å²) in [4.78, 5) is 11.2. The van der Waals surface area contributed by atoms with E-state index in [-0.39, 0.29) is 16.5 Å². The molecule has 2 aromatic heterocycles. The predicted molar refractivity (Wildman–Crippen MR) is 118 cm³/mol. The third-order valence-electron chi connectivity index (χ3n) is 6.35. The van der Waals surface area contributed by atoms with E-state index in [9.17, 15) is 22.7 Å². The SMILES string of the molecule is O=C([O-])C1CCC(n2cc(-c3cn(S(=O)(=O)c4ccccc4)c4cc(F)ccc34)cn2)CC1. The van der Waals surface area contributed by atoms with Gasteiger partial charge in [-0.15, -0.1) is 0 Å². The lowest BCUT2D eigenvalue weighted by Gasteiger charge is -2.29. The van der Waals surface area contributed by atoms with Crippen LogP contribution in [-0.4, -0.2) is 28.1 Å². The van der Waals surface area contributed by atoms with Gasteiger partial charge in [-0.1, -0.05) is 18.2 Å². The Morgan fingerprint density at radius 3 is 2.45 bits per heavy atom. The van der Waals surface area contributed by atoms with Crippen LogP contribution >= 0.6 is 0 Å². The van der Waals surface area contributed by atoms with E-state index in [1.807, 2.05) is 6.20 Å². The van der Waals surface area contributed by atoms with Gasteiger partial charge in [0.2, 0.25) is 0 Å². The lowest BCUT2D eigenvalue weighted by Crippen LogP contribution is -2.34. The molecule has 0 atom stereocenters. The quantitative estimate of drug-likeness (QED) is 0.449. The van der Waals surface area contributed by atoms with E-state index in [1.54, 1.807) is 35.1 Å². The van der Waals surface area contributed by atoms with Crippen molar-refractivity contribution in [2.24, 2.45) is 5.92 Å². The van der Waals surface area contributed by atoms with E-state index in [4.69, 9.17) is 0 Å². The number of fused-ring (bicyclic) bond motifs is 1. The summed E-state index contributed by atoms with van der Waals surface area (Å²) in [6, 6.07) is 12.2. The minimum atomic E-state index is -3.94. The molecule has 1 saturated carbocycles. The third kappa shape index (κ3) is 3.82. The number of nitrogens with zero attached hydrogens (tertiary/aromatic N) is 3. The molecule has 2 heterocycles. The van der Waals surface area contributed by atoms with Crippen molar-refractivity contribution in [3.05, 3.63) is 72.9 Å². The molecule has 1 fully saturated rings. The van der Waals surface area contributed by atoms with E-state index < -0.39 is 27.7 Å². The van der Waals surface area contributed by atoms with Crippen LogP contribution in [0, 0.1) is 11.7 Å². The van der Waals surface area contributed by atoms with Crippen molar-refractivity contribution in [2.75, 3.05) is 0 Å². The van der Waals surface area contributed by atoms with Gasteiger partial charge >= 0.3 is 0 Å². The highest BCUT2D eigenvalue weighted by atomic mass is 32.2. The van der Waals surface area contributed by atoms with E-state index in [0.29, 0.717) is 42.2 Å². The number of aromatic nitrogens is 3. The normalized spacial score (nSPS) is 19.1. The maximum atomic E-state index is 14.1. The molecule has 0 bridgehead atoms. The molecule has 0 N–H and O–H groups in total.